The molecule has 1 rings (SSSR count). The number of aliphatic carboxylic acids is 1. The van der Waals surface area contributed by atoms with Gasteiger partial charge in [-0.3, -0.25) is 4.79 Å². The highest BCUT2D eigenvalue weighted by Gasteiger charge is 2.04. The quantitative estimate of drug-likeness (QED) is 0.833. The number of carboxylic acid groups (broad SMARTS) is 1. The van der Waals surface area contributed by atoms with E-state index in [-0.39, 0.29) is 6.42 Å². The fraction of sp³-hybridized carbons (Fsp3) is 0.364. The zero-order chi connectivity index (χ0) is 10.6. The Morgan fingerprint density at radius 2 is 2.21 bits per heavy atom. The minimum absolute atomic E-state index is 0.0339. The Morgan fingerprint density at radius 1 is 1.50 bits per heavy atom. The molecule has 0 saturated heterocycles. The second-order valence-electron chi connectivity index (χ2n) is 3.25. The lowest BCUT2D eigenvalue weighted by molar-refractivity contribution is -0.136. The van der Waals surface area contributed by atoms with Crippen LogP contribution in [0.4, 0.5) is 0 Å². The highest BCUT2D eigenvalue weighted by molar-refractivity contribution is 6.31. The van der Waals surface area contributed by atoms with Crippen LogP contribution < -0.4 is 0 Å². The molecule has 0 spiro atoms. The average molecular weight is 213 g/mol. The maximum Gasteiger partial charge on any atom is 0.307 e. The molecule has 0 bridgehead atoms. The third kappa shape index (κ3) is 3.04. The fourth-order valence-electron chi connectivity index (χ4n) is 1.35. The van der Waals surface area contributed by atoms with Crippen LogP contribution in [-0.2, 0) is 17.6 Å². The molecule has 14 heavy (non-hydrogen) atoms. The summed E-state index contributed by atoms with van der Waals surface area (Å²) in [5, 5.41) is 9.26. The summed E-state index contributed by atoms with van der Waals surface area (Å²) in [6, 6.07) is 5.47. The molecule has 0 unspecified atom stereocenters. The van der Waals surface area contributed by atoms with Crippen LogP contribution in [0.5, 0.6) is 0 Å². The van der Waals surface area contributed by atoms with Crippen LogP contribution in [0.3, 0.4) is 0 Å². The number of aryl methyl sites for hydroxylation is 1. The summed E-state index contributed by atoms with van der Waals surface area (Å²) in [4.78, 5) is 10.4. The van der Waals surface area contributed by atoms with Gasteiger partial charge in [0.2, 0.25) is 0 Å². The average Bonchev–Trinajstić information content (AvgIpc) is 2.09. The number of hydrogen-bond donors (Lipinski definition) is 1. The zero-order valence-electron chi connectivity index (χ0n) is 8.09. The van der Waals surface area contributed by atoms with E-state index in [1.54, 1.807) is 6.07 Å². The van der Waals surface area contributed by atoms with Gasteiger partial charge in [0.25, 0.3) is 0 Å². The number of carboxylic acids is 1. The van der Waals surface area contributed by atoms with Crippen molar-refractivity contribution in [1.82, 2.24) is 0 Å². The molecule has 0 aliphatic rings. The van der Waals surface area contributed by atoms with Gasteiger partial charge in [-0.25, -0.2) is 0 Å². The Morgan fingerprint density at radius 3 is 2.71 bits per heavy atom. The van der Waals surface area contributed by atoms with Crippen molar-refractivity contribution < 1.29 is 9.90 Å². The third-order valence-corrected chi connectivity index (χ3v) is 2.34. The smallest absolute Gasteiger partial charge is 0.307 e. The zero-order valence-corrected chi connectivity index (χ0v) is 8.84. The third-order valence-electron chi connectivity index (χ3n) is 1.99. The lowest BCUT2D eigenvalue weighted by Gasteiger charge is -2.04. The molecule has 0 aliphatic heterocycles. The Bertz CT molecular complexity index is 334. The van der Waals surface area contributed by atoms with E-state index in [1.807, 2.05) is 12.1 Å². The Hall–Kier alpha value is -1.02. The van der Waals surface area contributed by atoms with Gasteiger partial charge in [-0.2, -0.15) is 0 Å². The first-order valence-electron chi connectivity index (χ1n) is 4.62. The van der Waals surface area contributed by atoms with Crippen LogP contribution in [0.2, 0.25) is 5.02 Å². The molecule has 0 saturated carbocycles. The molecule has 0 fully saturated rings. The second kappa shape index (κ2) is 5.01. The molecule has 0 heterocycles. The van der Waals surface area contributed by atoms with E-state index >= 15 is 0 Å². The highest BCUT2D eigenvalue weighted by Crippen LogP contribution is 2.19. The van der Waals surface area contributed by atoms with Crippen molar-refractivity contribution in [2.24, 2.45) is 0 Å². The normalized spacial score (nSPS) is 10.1. The Kier molecular flexibility index (Phi) is 3.96. The summed E-state index contributed by atoms with van der Waals surface area (Å²) in [6.45, 7) is 2.08. The van der Waals surface area contributed by atoms with E-state index in [9.17, 15) is 4.79 Å². The van der Waals surface area contributed by atoms with Gasteiger partial charge >= 0.3 is 5.97 Å². The standard InChI is InChI=1S/C11H13ClO2/c1-2-3-9-5-4-8(6-10(9)12)7-11(13)14/h4-6H,2-3,7H2,1H3,(H,13,14). The molecular formula is C11H13ClO2. The topological polar surface area (TPSA) is 37.3 Å². The van der Waals surface area contributed by atoms with Crippen molar-refractivity contribution >= 4 is 17.6 Å². The van der Waals surface area contributed by atoms with Crippen LogP contribution in [0, 0.1) is 0 Å². The van der Waals surface area contributed by atoms with E-state index in [0.717, 1.165) is 24.0 Å². The van der Waals surface area contributed by atoms with E-state index in [2.05, 4.69) is 6.92 Å². The van der Waals surface area contributed by atoms with Gasteiger partial charge in [-0.1, -0.05) is 37.1 Å². The minimum atomic E-state index is -0.829. The van der Waals surface area contributed by atoms with Gasteiger partial charge in [0.15, 0.2) is 0 Å². The number of rotatable bonds is 4. The lowest BCUT2D eigenvalue weighted by atomic mass is 10.1. The minimum Gasteiger partial charge on any atom is -0.481 e. The summed E-state index contributed by atoms with van der Waals surface area (Å²) < 4.78 is 0. The van der Waals surface area contributed by atoms with Gasteiger partial charge in [0.05, 0.1) is 6.42 Å². The molecule has 3 heteroatoms. The number of carbonyl (C=O) groups is 1. The molecular weight excluding hydrogens is 200 g/mol. The van der Waals surface area contributed by atoms with Gasteiger partial charge in [-0.05, 0) is 23.6 Å². The van der Waals surface area contributed by atoms with Crippen LogP contribution in [0.25, 0.3) is 0 Å². The molecule has 0 aliphatic carbocycles. The van der Waals surface area contributed by atoms with E-state index in [4.69, 9.17) is 16.7 Å². The molecule has 0 aromatic heterocycles. The molecule has 0 amide bonds. The summed E-state index contributed by atoms with van der Waals surface area (Å²) in [7, 11) is 0. The molecule has 0 atom stereocenters. The van der Waals surface area contributed by atoms with E-state index < -0.39 is 5.97 Å². The SMILES string of the molecule is CCCc1ccc(CC(=O)O)cc1Cl. The summed E-state index contributed by atoms with van der Waals surface area (Å²) >= 11 is 6.00. The van der Waals surface area contributed by atoms with Crippen molar-refractivity contribution in [3.8, 4) is 0 Å². The van der Waals surface area contributed by atoms with Gasteiger partial charge in [0.1, 0.15) is 0 Å². The highest BCUT2D eigenvalue weighted by atomic mass is 35.5. The first-order valence-corrected chi connectivity index (χ1v) is 5.00. The largest absolute Gasteiger partial charge is 0.481 e. The molecule has 2 nitrogen and oxygen atoms in total. The summed E-state index contributed by atoms with van der Waals surface area (Å²) in [5.41, 5.74) is 1.84. The second-order valence-corrected chi connectivity index (χ2v) is 3.65. The van der Waals surface area contributed by atoms with E-state index in [0.29, 0.717) is 5.02 Å². The van der Waals surface area contributed by atoms with Crippen LogP contribution in [0.1, 0.15) is 24.5 Å². The summed E-state index contributed by atoms with van der Waals surface area (Å²) in [6.07, 6.45) is 2.01. The number of hydrogen-bond acceptors (Lipinski definition) is 1. The Balaban J connectivity index is 2.83. The van der Waals surface area contributed by atoms with Crippen molar-refractivity contribution in [2.75, 3.05) is 0 Å². The van der Waals surface area contributed by atoms with Crippen LogP contribution in [-0.4, -0.2) is 11.1 Å². The maximum atomic E-state index is 10.4. The monoisotopic (exact) mass is 212 g/mol. The predicted molar refractivity (Wildman–Crippen MR) is 56.8 cm³/mol. The predicted octanol–water partition coefficient (Wildman–Crippen LogP) is 2.92. The maximum absolute atomic E-state index is 10.4. The van der Waals surface area contributed by atoms with Gasteiger partial charge in [-0.15, -0.1) is 0 Å². The lowest BCUT2D eigenvalue weighted by Crippen LogP contribution is -2.00. The van der Waals surface area contributed by atoms with Crippen molar-refractivity contribution in [3.63, 3.8) is 0 Å². The molecule has 0 radical (unpaired) electrons. The first-order chi connectivity index (χ1) is 6.63. The fourth-order valence-corrected chi connectivity index (χ4v) is 1.65. The molecule has 1 N–H and O–H groups in total. The molecule has 76 valence electrons. The van der Waals surface area contributed by atoms with Crippen molar-refractivity contribution in [2.45, 2.75) is 26.2 Å². The van der Waals surface area contributed by atoms with Crippen molar-refractivity contribution in [1.29, 1.82) is 0 Å². The number of halogens is 1. The summed E-state index contributed by atoms with van der Waals surface area (Å²) in [5.74, 6) is -0.829. The van der Waals surface area contributed by atoms with Crippen molar-refractivity contribution in [3.05, 3.63) is 34.3 Å². The van der Waals surface area contributed by atoms with Gasteiger partial charge in [0, 0.05) is 5.02 Å². The number of benzene rings is 1. The van der Waals surface area contributed by atoms with Crippen LogP contribution >= 0.6 is 11.6 Å². The van der Waals surface area contributed by atoms with E-state index in [1.165, 1.54) is 0 Å². The van der Waals surface area contributed by atoms with Gasteiger partial charge < -0.3 is 5.11 Å². The Labute approximate surface area is 88.5 Å². The molecule has 1 aromatic rings. The first kappa shape index (κ1) is 11.1. The molecule has 1 aromatic carbocycles. The van der Waals surface area contributed by atoms with Crippen LogP contribution in [0.15, 0.2) is 18.2 Å².